The highest BCUT2D eigenvalue weighted by molar-refractivity contribution is 5.84. The van der Waals surface area contributed by atoms with Crippen LogP contribution >= 0.6 is 0 Å². The van der Waals surface area contributed by atoms with Crippen molar-refractivity contribution in [3.05, 3.63) is 41.8 Å². The number of pyridine rings is 1. The number of nitrogens with two attached hydrogens (primary N) is 1. The Bertz CT molecular complexity index is 769. The predicted molar refractivity (Wildman–Crippen MR) is 78.6 cm³/mol. The Labute approximate surface area is 121 Å². The van der Waals surface area contributed by atoms with E-state index in [1.807, 2.05) is 37.3 Å². The number of rotatable bonds is 4. The van der Waals surface area contributed by atoms with Crippen LogP contribution < -0.4 is 5.73 Å². The second-order valence-corrected chi connectivity index (χ2v) is 4.86. The van der Waals surface area contributed by atoms with Crippen molar-refractivity contribution < 1.29 is 9.26 Å². The number of aromatic nitrogens is 3. The summed E-state index contributed by atoms with van der Waals surface area (Å²) in [5.74, 6) is 0.782. The van der Waals surface area contributed by atoms with Gasteiger partial charge in [-0.15, -0.1) is 0 Å². The van der Waals surface area contributed by atoms with Crippen LogP contribution in [0.2, 0.25) is 0 Å². The highest BCUT2D eigenvalue weighted by atomic mass is 16.5. The minimum Gasteiger partial charge on any atom is -0.383 e. The molecule has 108 valence electrons. The van der Waals surface area contributed by atoms with E-state index in [0.717, 1.165) is 16.5 Å². The van der Waals surface area contributed by atoms with Gasteiger partial charge in [0.15, 0.2) is 0 Å². The van der Waals surface area contributed by atoms with Crippen molar-refractivity contribution in [2.45, 2.75) is 13.0 Å². The fourth-order valence-corrected chi connectivity index (χ4v) is 2.20. The molecule has 2 aromatic heterocycles. The number of hydrogen-bond acceptors (Lipinski definition) is 6. The molecule has 0 fully saturated rings. The molecular weight excluding hydrogens is 268 g/mol. The van der Waals surface area contributed by atoms with E-state index >= 15 is 0 Å². The number of benzene rings is 1. The maximum atomic E-state index is 5.88. The van der Waals surface area contributed by atoms with Crippen LogP contribution in [-0.2, 0) is 4.74 Å². The maximum absolute atomic E-state index is 5.88. The van der Waals surface area contributed by atoms with E-state index in [-0.39, 0.29) is 0 Å². The molecule has 1 unspecified atom stereocenters. The molecule has 0 saturated carbocycles. The molecule has 0 amide bonds. The van der Waals surface area contributed by atoms with Crippen LogP contribution in [0.5, 0.6) is 0 Å². The standard InChI is InChI=1S/C15H16N4O2/c1-9-7-13(17-12-6-4-3-5-10(9)12)14-18-15(21-19-14)11(16)8-20-2/h3-7,11H,8,16H2,1-2H3. The fourth-order valence-electron chi connectivity index (χ4n) is 2.20. The third-order valence-corrected chi connectivity index (χ3v) is 3.26. The molecule has 1 aromatic carbocycles. The van der Waals surface area contributed by atoms with Crippen LogP contribution in [0.25, 0.3) is 22.4 Å². The molecule has 0 radical (unpaired) electrons. The van der Waals surface area contributed by atoms with Crippen LogP contribution in [0, 0.1) is 6.92 Å². The summed E-state index contributed by atoms with van der Waals surface area (Å²) in [6.07, 6.45) is 0. The number of hydrogen-bond donors (Lipinski definition) is 1. The molecule has 6 nitrogen and oxygen atoms in total. The average Bonchev–Trinajstić information content (AvgIpc) is 2.97. The molecule has 0 bridgehead atoms. The molecule has 0 saturated heterocycles. The number of aryl methyl sites for hydroxylation is 1. The molecule has 3 rings (SSSR count). The molecule has 6 heteroatoms. The summed E-state index contributed by atoms with van der Waals surface area (Å²) in [5.41, 5.74) is 8.56. The number of ether oxygens (including phenoxy) is 1. The zero-order chi connectivity index (χ0) is 14.8. The Balaban J connectivity index is 2.01. The highest BCUT2D eigenvalue weighted by Gasteiger charge is 2.17. The monoisotopic (exact) mass is 284 g/mol. The molecule has 1 atom stereocenters. The summed E-state index contributed by atoms with van der Waals surface area (Å²) >= 11 is 0. The molecule has 0 aliphatic rings. The first-order valence-electron chi connectivity index (χ1n) is 6.64. The van der Waals surface area contributed by atoms with E-state index in [1.165, 1.54) is 0 Å². The molecule has 21 heavy (non-hydrogen) atoms. The van der Waals surface area contributed by atoms with Gasteiger partial charge in [0.05, 0.1) is 12.1 Å². The summed E-state index contributed by atoms with van der Waals surface area (Å²) in [7, 11) is 1.57. The first kappa shape index (κ1) is 13.7. The zero-order valence-corrected chi connectivity index (χ0v) is 11.9. The Hall–Kier alpha value is -2.31. The summed E-state index contributed by atoms with van der Waals surface area (Å²) in [6.45, 7) is 2.36. The van der Waals surface area contributed by atoms with Crippen molar-refractivity contribution in [3.8, 4) is 11.5 Å². The van der Waals surface area contributed by atoms with Crippen LogP contribution in [0.3, 0.4) is 0 Å². The lowest BCUT2D eigenvalue weighted by Gasteiger charge is -2.04. The Morgan fingerprint density at radius 2 is 2.10 bits per heavy atom. The minimum absolute atomic E-state index is 0.325. The smallest absolute Gasteiger partial charge is 0.246 e. The molecule has 0 spiro atoms. The Morgan fingerprint density at radius 3 is 2.90 bits per heavy atom. The lowest BCUT2D eigenvalue weighted by atomic mass is 10.1. The van der Waals surface area contributed by atoms with Gasteiger partial charge in [-0.2, -0.15) is 4.98 Å². The zero-order valence-electron chi connectivity index (χ0n) is 11.9. The highest BCUT2D eigenvalue weighted by Crippen LogP contribution is 2.23. The van der Waals surface area contributed by atoms with Gasteiger partial charge in [0, 0.05) is 12.5 Å². The van der Waals surface area contributed by atoms with Crippen LogP contribution in [0.4, 0.5) is 0 Å². The average molecular weight is 284 g/mol. The molecule has 2 N–H and O–H groups in total. The van der Waals surface area contributed by atoms with Gasteiger partial charge in [0.1, 0.15) is 11.7 Å². The lowest BCUT2D eigenvalue weighted by molar-refractivity contribution is 0.166. The van der Waals surface area contributed by atoms with Crippen molar-refractivity contribution in [2.75, 3.05) is 13.7 Å². The molecule has 3 aromatic rings. The summed E-state index contributed by atoms with van der Waals surface area (Å²) < 4.78 is 10.2. The van der Waals surface area contributed by atoms with Crippen LogP contribution in [0.15, 0.2) is 34.9 Å². The molecular formula is C15H16N4O2. The van der Waals surface area contributed by atoms with Crippen LogP contribution in [-0.4, -0.2) is 28.8 Å². The van der Waals surface area contributed by atoms with Crippen molar-refractivity contribution in [2.24, 2.45) is 5.73 Å². The van der Waals surface area contributed by atoms with Crippen LogP contribution in [0.1, 0.15) is 17.5 Å². The molecule has 0 aliphatic carbocycles. The second-order valence-electron chi connectivity index (χ2n) is 4.86. The summed E-state index contributed by atoms with van der Waals surface area (Å²) in [4.78, 5) is 8.87. The van der Waals surface area contributed by atoms with Gasteiger partial charge in [-0.05, 0) is 24.6 Å². The topological polar surface area (TPSA) is 87.1 Å². The Kier molecular flexibility index (Phi) is 3.64. The first-order chi connectivity index (χ1) is 10.2. The van der Waals surface area contributed by atoms with E-state index < -0.39 is 6.04 Å². The minimum atomic E-state index is -0.433. The van der Waals surface area contributed by atoms with E-state index in [9.17, 15) is 0 Å². The fraction of sp³-hybridized carbons (Fsp3) is 0.267. The van der Waals surface area contributed by atoms with Gasteiger partial charge in [-0.3, -0.25) is 0 Å². The molecule has 2 heterocycles. The van der Waals surface area contributed by atoms with E-state index in [1.54, 1.807) is 7.11 Å². The summed E-state index contributed by atoms with van der Waals surface area (Å²) in [6, 6.07) is 9.46. The second kappa shape index (κ2) is 5.59. The quantitative estimate of drug-likeness (QED) is 0.790. The van der Waals surface area contributed by atoms with Gasteiger partial charge in [-0.25, -0.2) is 4.98 Å². The van der Waals surface area contributed by atoms with E-state index in [0.29, 0.717) is 24.0 Å². The van der Waals surface area contributed by atoms with E-state index in [2.05, 4.69) is 15.1 Å². The number of nitrogens with zero attached hydrogens (tertiary/aromatic N) is 3. The predicted octanol–water partition coefficient (Wildman–Crippen LogP) is 2.24. The maximum Gasteiger partial charge on any atom is 0.246 e. The van der Waals surface area contributed by atoms with Gasteiger partial charge in [0.2, 0.25) is 11.7 Å². The third-order valence-electron chi connectivity index (χ3n) is 3.26. The SMILES string of the molecule is COCC(N)c1nc(-c2cc(C)c3ccccc3n2)no1. The summed E-state index contributed by atoms with van der Waals surface area (Å²) in [5, 5.41) is 5.07. The van der Waals surface area contributed by atoms with Gasteiger partial charge in [-0.1, -0.05) is 23.4 Å². The third kappa shape index (κ3) is 2.63. The van der Waals surface area contributed by atoms with Gasteiger partial charge < -0.3 is 15.0 Å². The van der Waals surface area contributed by atoms with E-state index in [4.69, 9.17) is 15.0 Å². The number of para-hydroxylation sites is 1. The first-order valence-corrected chi connectivity index (χ1v) is 6.64. The number of methoxy groups -OCH3 is 1. The molecule has 0 aliphatic heterocycles. The largest absolute Gasteiger partial charge is 0.383 e. The lowest BCUT2D eigenvalue weighted by Crippen LogP contribution is -2.16. The number of fused-ring (bicyclic) bond motifs is 1. The van der Waals surface area contributed by atoms with Crippen molar-refractivity contribution in [1.29, 1.82) is 0 Å². The van der Waals surface area contributed by atoms with Crippen molar-refractivity contribution in [3.63, 3.8) is 0 Å². The van der Waals surface area contributed by atoms with Crippen molar-refractivity contribution in [1.82, 2.24) is 15.1 Å². The van der Waals surface area contributed by atoms with Gasteiger partial charge in [0.25, 0.3) is 0 Å². The normalized spacial score (nSPS) is 12.7. The van der Waals surface area contributed by atoms with Crippen molar-refractivity contribution >= 4 is 10.9 Å². The Morgan fingerprint density at radius 1 is 1.29 bits per heavy atom. The van der Waals surface area contributed by atoms with Gasteiger partial charge >= 0.3 is 0 Å².